The van der Waals surface area contributed by atoms with E-state index in [1.54, 1.807) is 13.5 Å². The van der Waals surface area contributed by atoms with Crippen LogP contribution in [0.4, 0.5) is 0 Å². The minimum atomic E-state index is -0.528. The highest BCUT2D eigenvalue weighted by molar-refractivity contribution is 5.38. The van der Waals surface area contributed by atoms with Crippen molar-refractivity contribution in [1.29, 1.82) is 0 Å². The lowest BCUT2D eigenvalue weighted by molar-refractivity contribution is -0.0534. The lowest BCUT2D eigenvalue weighted by Gasteiger charge is -2.10. The molecule has 0 bridgehead atoms. The summed E-state index contributed by atoms with van der Waals surface area (Å²) in [6.07, 6.45) is -0.528. The first kappa shape index (κ1) is 9.43. The molecule has 0 aliphatic heterocycles. The summed E-state index contributed by atoms with van der Waals surface area (Å²) < 4.78 is 9.27. The Morgan fingerprint density at radius 1 is 1.40 bits per heavy atom. The summed E-state index contributed by atoms with van der Waals surface area (Å²) in [5, 5.41) is 0. The SMILES string of the molecule is CC(C)[CH]OC(C)O[C]=O. The van der Waals surface area contributed by atoms with Gasteiger partial charge in [-0.1, -0.05) is 13.8 Å². The summed E-state index contributed by atoms with van der Waals surface area (Å²) in [6.45, 7) is 8.48. The van der Waals surface area contributed by atoms with Crippen molar-refractivity contribution in [3.8, 4) is 0 Å². The third-order valence-corrected chi connectivity index (χ3v) is 0.756. The fourth-order valence-electron chi connectivity index (χ4n) is 0.363. The molecule has 0 saturated heterocycles. The molecule has 0 saturated carbocycles. The van der Waals surface area contributed by atoms with E-state index in [1.165, 1.54) is 6.47 Å². The van der Waals surface area contributed by atoms with Gasteiger partial charge in [0.15, 0.2) is 0 Å². The Bertz CT molecular complexity index is 90.9. The van der Waals surface area contributed by atoms with Crippen LogP contribution >= 0.6 is 0 Å². The van der Waals surface area contributed by atoms with Crippen LogP contribution in [0.3, 0.4) is 0 Å². The molecule has 10 heavy (non-hydrogen) atoms. The zero-order valence-electron chi connectivity index (χ0n) is 6.46. The van der Waals surface area contributed by atoms with Crippen molar-refractivity contribution in [1.82, 2.24) is 0 Å². The first-order valence-electron chi connectivity index (χ1n) is 3.18. The second kappa shape index (κ2) is 5.23. The predicted molar refractivity (Wildman–Crippen MR) is 36.5 cm³/mol. The molecule has 0 N–H and O–H groups in total. The number of rotatable bonds is 5. The number of hydrogen-bond acceptors (Lipinski definition) is 3. The Labute approximate surface area is 61.3 Å². The van der Waals surface area contributed by atoms with Gasteiger partial charge in [0.25, 0.3) is 0 Å². The van der Waals surface area contributed by atoms with Gasteiger partial charge in [0.1, 0.15) is 0 Å². The summed E-state index contributed by atoms with van der Waals surface area (Å²) >= 11 is 0. The van der Waals surface area contributed by atoms with Crippen LogP contribution in [0.2, 0.25) is 0 Å². The van der Waals surface area contributed by atoms with Crippen LogP contribution in [-0.2, 0) is 14.3 Å². The third kappa shape index (κ3) is 5.56. The summed E-state index contributed by atoms with van der Waals surface area (Å²) in [7, 11) is 0. The molecule has 3 nitrogen and oxygen atoms in total. The summed E-state index contributed by atoms with van der Waals surface area (Å²) in [5.74, 6) is 0.331. The molecule has 0 aromatic rings. The van der Waals surface area contributed by atoms with E-state index in [0.29, 0.717) is 5.92 Å². The topological polar surface area (TPSA) is 35.5 Å². The molecule has 0 fully saturated rings. The van der Waals surface area contributed by atoms with Crippen LogP contribution in [0.25, 0.3) is 0 Å². The van der Waals surface area contributed by atoms with Gasteiger partial charge in [-0.05, 0) is 12.8 Å². The molecule has 0 aliphatic carbocycles. The number of ether oxygens (including phenoxy) is 2. The van der Waals surface area contributed by atoms with Gasteiger partial charge >= 0.3 is 6.47 Å². The monoisotopic (exact) mass is 144 g/mol. The van der Waals surface area contributed by atoms with E-state index in [9.17, 15) is 4.79 Å². The van der Waals surface area contributed by atoms with Gasteiger partial charge in [-0.15, -0.1) is 0 Å². The van der Waals surface area contributed by atoms with Gasteiger partial charge in [-0.2, -0.15) is 0 Å². The lowest BCUT2D eigenvalue weighted by Crippen LogP contribution is -2.11. The highest BCUT2D eigenvalue weighted by atomic mass is 16.7. The Hall–Kier alpha value is -0.570. The van der Waals surface area contributed by atoms with Gasteiger partial charge < -0.3 is 9.47 Å². The first-order valence-corrected chi connectivity index (χ1v) is 3.18. The molecule has 1 atom stereocenters. The molecule has 58 valence electrons. The third-order valence-electron chi connectivity index (χ3n) is 0.756. The quantitative estimate of drug-likeness (QED) is 0.545. The van der Waals surface area contributed by atoms with Crippen LogP contribution in [0.5, 0.6) is 0 Å². The maximum atomic E-state index is 9.62. The smallest absolute Gasteiger partial charge is 0.419 e. The normalized spacial score (nSPS) is 13.2. The molecule has 1 unspecified atom stereocenters. The summed E-state index contributed by atoms with van der Waals surface area (Å²) in [6, 6.07) is 0. The molecule has 0 rings (SSSR count). The van der Waals surface area contributed by atoms with Crippen LogP contribution in [0.15, 0.2) is 0 Å². The first-order chi connectivity index (χ1) is 4.66. The van der Waals surface area contributed by atoms with E-state index in [1.807, 2.05) is 13.8 Å². The Balaban J connectivity index is 3.20. The van der Waals surface area contributed by atoms with Gasteiger partial charge in [-0.3, -0.25) is 0 Å². The van der Waals surface area contributed by atoms with Crippen LogP contribution in [0, 0.1) is 12.5 Å². The van der Waals surface area contributed by atoms with Gasteiger partial charge in [0.05, 0.1) is 6.61 Å². The van der Waals surface area contributed by atoms with Crippen molar-refractivity contribution >= 4 is 6.47 Å². The average Bonchev–Trinajstić information content (AvgIpc) is 1.85. The van der Waals surface area contributed by atoms with Gasteiger partial charge in [0.2, 0.25) is 6.29 Å². The standard InChI is InChI=1S/C7H12O3/c1-6(2)4-9-7(3)10-5-8/h4,6-7H,1-3H3. The van der Waals surface area contributed by atoms with E-state index in [4.69, 9.17) is 4.74 Å². The molecule has 0 amide bonds. The van der Waals surface area contributed by atoms with Crippen LogP contribution in [-0.4, -0.2) is 12.8 Å². The fourth-order valence-corrected chi connectivity index (χ4v) is 0.363. The minimum Gasteiger partial charge on any atom is -0.428 e. The molecular weight excluding hydrogens is 132 g/mol. The van der Waals surface area contributed by atoms with Crippen molar-refractivity contribution < 1.29 is 14.3 Å². The summed E-state index contributed by atoms with van der Waals surface area (Å²) in [4.78, 5) is 9.62. The number of carbonyl (C=O) groups excluding carboxylic acids is 1. The van der Waals surface area contributed by atoms with Gasteiger partial charge in [0, 0.05) is 0 Å². The highest BCUT2D eigenvalue weighted by Crippen LogP contribution is 2.02. The zero-order chi connectivity index (χ0) is 7.98. The molecule has 0 aromatic carbocycles. The second-order valence-corrected chi connectivity index (χ2v) is 2.28. The van der Waals surface area contributed by atoms with Crippen LogP contribution in [0.1, 0.15) is 20.8 Å². The average molecular weight is 144 g/mol. The molecule has 0 aliphatic rings. The van der Waals surface area contributed by atoms with Crippen LogP contribution < -0.4 is 0 Å². The highest BCUT2D eigenvalue weighted by Gasteiger charge is 2.02. The fraction of sp³-hybridized carbons (Fsp3) is 0.714. The van der Waals surface area contributed by atoms with Crippen molar-refractivity contribution in [2.24, 2.45) is 5.92 Å². The second-order valence-electron chi connectivity index (χ2n) is 2.28. The molecule has 0 heterocycles. The molecule has 3 heteroatoms. The Kier molecular flexibility index (Phi) is 4.94. The van der Waals surface area contributed by atoms with Crippen molar-refractivity contribution in [3.05, 3.63) is 6.61 Å². The van der Waals surface area contributed by atoms with Crippen molar-refractivity contribution in [2.45, 2.75) is 27.1 Å². The lowest BCUT2D eigenvalue weighted by atomic mass is 10.2. The Morgan fingerprint density at radius 3 is 2.40 bits per heavy atom. The summed E-state index contributed by atoms with van der Waals surface area (Å²) in [5.41, 5.74) is 0. The van der Waals surface area contributed by atoms with Crippen molar-refractivity contribution in [3.63, 3.8) is 0 Å². The molecule has 0 aromatic heterocycles. The van der Waals surface area contributed by atoms with E-state index in [0.717, 1.165) is 0 Å². The zero-order valence-corrected chi connectivity index (χ0v) is 6.46. The van der Waals surface area contributed by atoms with E-state index < -0.39 is 6.29 Å². The van der Waals surface area contributed by atoms with E-state index in [-0.39, 0.29) is 0 Å². The Morgan fingerprint density at radius 2 is 2.00 bits per heavy atom. The van der Waals surface area contributed by atoms with Crippen molar-refractivity contribution in [2.75, 3.05) is 0 Å². The van der Waals surface area contributed by atoms with E-state index >= 15 is 0 Å². The molecule has 0 spiro atoms. The van der Waals surface area contributed by atoms with E-state index in [2.05, 4.69) is 4.74 Å². The van der Waals surface area contributed by atoms with Gasteiger partial charge in [-0.25, -0.2) is 4.79 Å². The predicted octanol–water partition coefficient (Wildman–Crippen LogP) is 1.25. The maximum absolute atomic E-state index is 9.62. The maximum Gasteiger partial charge on any atom is 0.419 e. The number of hydrogen-bond donors (Lipinski definition) is 0. The molecular formula is C7H12O3. The minimum absolute atomic E-state index is 0.331. The largest absolute Gasteiger partial charge is 0.428 e. The molecule has 2 radical (unpaired) electrons.